The number of ether oxygens (including phenoxy) is 3. The molecule has 25 heteroatoms. The maximum atomic E-state index is 12.0. The second kappa shape index (κ2) is 45.5. The van der Waals surface area contributed by atoms with E-state index >= 15 is 0 Å². The summed E-state index contributed by atoms with van der Waals surface area (Å²) >= 11 is 0. The molecule has 0 atom stereocenters. The molecule has 0 aliphatic heterocycles. The summed E-state index contributed by atoms with van der Waals surface area (Å²) in [6, 6.07) is 1.54. The number of rotatable bonds is 44. The lowest BCUT2D eigenvalue weighted by molar-refractivity contribution is 0.0457. The van der Waals surface area contributed by atoms with E-state index in [0.717, 1.165) is 154 Å². The van der Waals surface area contributed by atoms with E-state index in [2.05, 4.69) is 73.1 Å². The summed E-state index contributed by atoms with van der Waals surface area (Å²) in [6.07, 6.45) is 22.8. The molecule has 12 N–H and O–H groups in total. The van der Waals surface area contributed by atoms with Crippen molar-refractivity contribution in [2.24, 2.45) is 0 Å². The highest BCUT2D eigenvalue weighted by molar-refractivity contribution is 5.87. The number of anilines is 2. The van der Waals surface area contributed by atoms with Crippen LogP contribution in [0.4, 0.5) is 40.7 Å². The Kier molecular flexibility index (Phi) is 39.3. The third-order valence-electron chi connectivity index (χ3n) is 11.8. The number of alkyl carbamates (subject to hydrolysis) is 2. The van der Waals surface area contributed by atoms with Gasteiger partial charge in [0.15, 0.2) is 0 Å². The van der Waals surface area contributed by atoms with Gasteiger partial charge in [-0.3, -0.25) is 30.2 Å². The molecule has 2 rings (SSSR count). The van der Waals surface area contributed by atoms with Crippen LogP contribution in [-0.2, 0) is 14.2 Å². The Morgan fingerprint density at radius 2 is 0.610 bits per heavy atom. The average Bonchev–Trinajstić information content (AvgIpc) is 3.37. The van der Waals surface area contributed by atoms with Crippen molar-refractivity contribution in [3.8, 4) is 0 Å². The number of unbranched alkanes of at least 4 members (excludes halogenated alkanes) is 20. The first-order chi connectivity index (χ1) is 37.4. The van der Waals surface area contributed by atoms with E-state index in [0.29, 0.717) is 63.7 Å². The zero-order chi connectivity index (χ0) is 55.8. The number of hydrogen-bond donors (Lipinski definition) is 12. The first-order valence-electron chi connectivity index (χ1n) is 28.1. The number of nitrogens with zero attached hydrogens (tertiary/aromatic N) is 2. The van der Waals surface area contributed by atoms with E-state index in [-0.39, 0.29) is 61.5 Å². The second-order valence-electron chi connectivity index (χ2n) is 18.8. The molecule has 0 unspecified atom stereocenters. The highest BCUT2D eigenvalue weighted by Crippen LogP contribution is 2.10. The molecule has 77 heavy (non-hydrogen) atoms. The lowest BCUT2D eigenvalue weighted by Crippen LogP contribution is -2.36. The van der Waals surface area contributed by atoms with Crippen LogP contribution in [0, 0.1) is 13.8 Å². The minimum atomic E-state index is -0.478. The number of aryl methyl sites for hydroxylation is 2. The molecule has 10 amide bonds. The number of nitrogens with one attached hydrogen (secondary N) is 12. The van der Waals surface area contributed by atoms with Crippen molar-refractivity contribution in [1.82, 2.24) is 62.5 Å². The fraction of sp³-hybridized carbons (Fsp3) is 0.731. The van der Waals surface area contributed by atoms with Crippen molar-refractivity contribution in [1.29, 1.82) is 0 Å². The summed E-state index contributed by atoms with van der Waals surface area (Å²) in [5, 5.41) is 27.6. The van der Waals surface area contributed by atoms with Gasteiger partial charge in [0.2, 0.25) is 11.9 Å². The Bertz CT molecular complexity index is 1920. The van der Waals surface area contributed by atoms with E-state index in [9.17, 15) is 38.4 Å². The van der Waals surface area contributed by atoms with Gasteiger partial charge in [0.25, 0.3) is 11.1 Å². The van der Waals surface area contributed by atoms with Crippen LogP contribution in [0.25, 0.3) is 0 Å². The molecule has 0 radical (unpaired) electrons. The summed E-state index contributed by atoms with van der Waals surface area (Å²) in [5.41, 5.74) is 0.385. The van der Waals surface area contributed by atoms with Crippen LogP contribution in [-0.4, -0.2) is 135 Å². The van der Waals surface area contributed by atoms with E-state index in [1.165, 1.54) is 12.1 Å². The van der Waals surface area contributed by atoms with Gasteiger partial charge in [0, 0.05) is 75.9 Å². The predicted octanol–water partition coefficient (Wildman–Crippen LogP) is 6.84. The molecule has 0 aromatic carbocycles. The number of urea groups is 4. The first kappa shape index (κ1) is 66.5. The zero-order valence-electron chi connectivity index (χ0n) is 46.0. The van der Waals surface area contributed by atoms with Gasteiger partial charge in [-0.1, -0.05) is 103 Å². The molecule has 0 spiro atoms. The number of amides is 10. The van der Waals surface area contributed by atoms with Crippen LogP contribution in [0.3, 0.4) is 0 Å². The maximum Gasteiger partial charge on any atom is 0.407 e. The monoisotopic (exact) mass is 1090 g/mol. The zero-order valence-corrected chi connectivity index (χ0v) is 46.0. The van der Waals surface area contributed by atoms with Crippen molar-refractivity contribution in [3.05, 3.63) is 44.2 Å². The fourth-order valence-electron chi connectivity index (χ4n) is 7.72. The smallest absolute Gasteiger partial charge is 0.407 e. The van der Waals surface area contributed by atoms with Gasteiger partial charge in [-0.2, -0.15) is 0 Å². The number of hydrogen-bond acceptors (Lipinski definition) is 13. The third-order valence-corrected chi connectivity index (χ3v) is 11.8. The van der Waals surface area contributed by atoms with Crippen molar-refractivity contribution in [2.75, 3.05) is 89.4 Å². The van der Waals surface area contributed by atoms with Crippen molar-refractivity contribution in [2.45, 2.75) is 168 Å². The highest BCUT2D eigenvalue weighted by atomic mass is 16.6. The van der Waals surface area contributed by atoms with Crippen molar-refractivity contribution in [3.63, 3.8) is 0 Å². The van der Waals surface area contributed by atoms with Crippen LogP contribution in [0.5, 0.6) is 0 Å². The molecule has 0 fully saturated rings. The standard InChI is InChI=1S/C52H92N14O11/c1-41-39-43(67)63-45(61-41)65-49(71)57-31-23-17-15-21-29-55-47(69)53-27-19-11-7-3-5-9-13-25-33-59-51(73)76-37-35-75-36-38-77-52(74)60-34-26-14-10-6-4-8-12-20-28-54-48(70)56-30-22-16-18-24-32-58-50(72)66-46-62-42(2)40-44(68)64-46/h39-40H,3-38H2,1-2H3,(H,59,73)(H,60,74)(H2,53,55,69)(H2,54,56,70)(H3,57,61,63,65,67,71)(H3,58,62,64,66,68,72). The van der Waals surface area contributed by atoms with Gasteiger partial charge in [0.05, 0.1) is 13.2 Å². The maximum absolute atomic E-state index is 12.0. The van der Waals surface area contributed by atoms with Crippen LogP contribution in [0.1, 0.15) is 165 Å². The summed E-state index contributed by atoms with van der Waals surface area (Å²) in [7, 11) is 0. The van der Waals surface area contributed by atoms with Crippen molar-refractivity contribution < 1.29 is 43.0 Å². The van der Waals surface area contributed by atoms with Gasteiger partial charge in [-0.05, 0) is 65.2 Å². The Labute approximate surface area is 454 Å². The average molecular weight is 1090 g/mol. The Hall–Kier alpha value is -6.66. The van der Waals surface area contributed by atoms with Crippen LogP contribution in [0.2, 0.25) is 0 Å². The molecule has 0 saturated carbocycles. The van der Waals surface area contributed by atoms with Gasteiger partial charge < -0.3 is 56.7 Å². The Balaban J connectivity index is 1.21. The Morgan fingerprint density at radius 3 is 0.883 bits per heavy atom. The van der Waals surface area contributed by atoms with E-state index in [1.807, 2.05) is 0 Å². The number of aromatic amines is 2. The summed E-state index contributed by atoms with van der Waals surface area (Å²) < 4.78 is 15.7. The normalized spacial score (nSPS) is 10.7. The summed E-state index contributed by atoms with van der Waals surface area (Å²) in [5.74, 6) is 0.225. The lowest BCUT2D eigenvalue weighted by Gasteiger charge is -2.09. The topological polar surface area (TPSA) is 342 Å². The van der Waals surface area contributed by atoms with Gasteiger partial charge in [-0.25, -0.2) is 38.7 Å². The van der Waals surface area contributed by atoms with Gasteiger partial charge in [0.1, 0.15) is 13.2 Å². The molecule has 436 valence electrons. The molecule has 2 aromatic heterocycles. The second-order valence-corrected chi connectivity index (χ2v) is 18.8. The molecule has 0 saturated heterocycles. The molecular formula is C52H92N14O11. The highest BCUT2D eigenvalue weighted by Gasteiger charge is 2.08. The van der Waals surface area contributed by atoms with Crippen molar-refractivity contribution >= 4 is 48.2 Å². The molecule has 0 aliphatic rings. The molecule has 2 aromatic rings. The van der Waals surface area contributed by atoms with E-state index < -0.39 is 24.2 Å². The third kappa shape index (κ3) is 41.2. The SMILES string of the molecule is Cc1cc(=O)[nH]c(NC(=O)NCCCCCCNC(=O)NCCCCCCCCCCNC(=O)OCCOCCOC(=O)NCCCCCCCCCCNC(=O)NCCCCCCNC(=O)Nc2nc(C)cc(=O)[nH]2)n1. The number of carbonyl (C=O) groups excluding carboxylic acids is 6. The first-order valence-corrected chi connectivity index (χ1v) is 28.1. The van der Waals surface area contributed by atoms with E-state index in [1.54, 1.807) is 13.8 Å². The molecule has 0 aliphatic carbocycles. The minimum absolute atomic E-state index is 0.107. The Morgan fingerprint density at radius 1 is 0.364 bits per heavy atom. The van der Waals surface area contributed by atoms with Gasteiger partial charge in [-0.15, -0.1) is 0 Å². The minimum Gasteiger partial charge on any atom is -0.447 e. The molecule has 2 heterocycles. The van der Waals surface area contributed by atoms with Crippen LogP contribution in [0.15, 0.2) is 21.7 Å². The molecule has 0 bridgehead atoms. The quantitative estimate of drug-likeness (QED) is 0.0303. The summed E-state index contributed by atoms with van der Waals surface area (Å²) in [4.78, 5) is 108. The number of aromatic nitrogens is 4. The summed E-state index contributed by atoms with van der Waals surface area (Å²) in [6.45, 7) is 8.55. The molecule has 25 nitrogen and oxygen atoms in total. The van der Waals surface area contributed by atoms with Crippen LogP contribution < -0.4 is 64.3 Å². The number of H-pyrrole nitrogens is 2. The van der Waals surface area contributed by atoms with Gasteiger partial charge >= 0.3 is 36.3 Å². The van der Waals surface area contributed by atoms with Crippen LogP contribution >= 0.6 is 0 Å². The largest absolute Gasteiger partial charge is 0.447 e. The lowest BCUT2D eigenvalue weighted by atomic mass is 10.1. The molecular weight excluding hydrogens is 997 g/mol. The number of carbonyl (C=O) groups is 6. The predicted molar refractivity (Wildman–Crippen MR) is 296 cm³/mol. The fourth-order valence-corrected chi connectivity index (χ4v) is 7.72. The van der Waals surface area contributed by atoms with E-state index in [4.69, 9.17) is 14.2 Å².